The van der Waals surface area contributed by atoms with Crippen LogP contribution < -0.4 is 5.09 Å². The molecule has 0 saturated carbocycles. The van der Waals surface area contributed by atoms with Gasteiger partial charge in [-0.15, -0.1) is 0 Å². The van der Waals surface area contributed by atoms with E-state index in [1.54, 1.807) is 0 Å². The van der Waals surface area contributed by atoms with Gasteiger partial charge in [-0.2, -0.15) is 0 Å². The quantitative estimate of drug-likeness (QED) is 0.346. The molecule has 0 radical (unpaired) electrons. The summed E-state index contributed by atoms with van der Waals surface area (Å²) in [7, 11) is -1.31. The molecule has 3 aromatic carbocycles. The van der Waals surface area contributed by atoms with Gasteiger partial charge in [0.1, 0.15) is 11.2 Å². The minimum absolute atomic E-state index is 0.141. The summed E-state index contributed by atoms with van der Waals surface area (Å²) in [5.74, 6) is 0. The van der Waals surface area contributed by atoms with E-state index in [1.807, 2.05) is 0 Å². The predicted octanol–water partition coefficient (Wildman–Crippen LogP) is 8.35. The molecule has 4 heteroatoms. The topological polar surface area (TPSA) is 38.3 Å². The van der Waals surface area contributed by atoms with Crippen molar-refractivity contribution in [1.82, 2.24) is 0 Å². The van der Waals surface area contributed by atoms with Crippen LogP contribution in [-0.4, -0.2) is 0 Å². The van der Waals surface area contributed by atoms with Crippen LogP contribution >= 0.6 is 8.16 Å². The Morgan fingerprint density at radius 1 is 0.688 bits per heavy atom. The van der Waals surface area contributed by atoms with Crippen LogP contribution in [0.4, 0.5) is 0 Å². The highest BCUT2D eigenvalue weighted by Gasteiger charge is 2.21. The van der Waals surface area contributed by atoms with E-state index in [-0.39, 0.29) is 6.04 Å². The van der Waals surface area contributed by atoms with Gasteiger partial charge in [-0.3, -0.25) is 0 Å². The van der Waals surface area contributed by atoms with Crippen molar-refractivity contribution in [3.8, 4) is 0 Å². The lowest BCUT2D eigenvalue weighted by Crippen LogP contribution is -2.05. The smallest absolute Gasteiger partial charge is 0.307 e. The molecule has 1 aromatic heterocycles. The summed E-state index contributed by atoms with van der Waals surface area (Å²) in [4.78, 5) is 0. The Kier molecular flexibility index (Phi) is 5.33. The van der Waals surface area contributed by atoms with Gasteiger partial charge in [0.25, 0.3) is 0 Å². The normalized spacial score (nSPS) is 16.5. The van der Waals surface area contributed by atoms with Crippen LogP contribution in [0.2, 0.25) is 0 Å². The summed E-state index contributed by atoms with van der Waals surface area (Å²) >= 11 is 0. The molecule has 0 fully saturated rings. The first kappa shape index (κ1) is 20.1. The van der Waals surface area contributed by atoms with Crippen molar-refractivity contribution < 1.29 is 8.39 Å². The second-order valence-corrected chi connectivity index (χ2v) is 10.4. The lowest BCUT2D eigenvalue weighted by Gasteiger charge is -2.20. The molecule has 0 amide bonds. The first-order valence-corrected chi connectivity index (χ1v) is 13.2. The average molecular weight is 444 g/mol. The van der Waals surface area contributed by atoms with Crippen molar-refractivity contribution in [2.24, 2.45) is 0 Å². The molecular weight excluding hydrogens is 413 g/mol. The molecule has 0 saturated heterocycles. The van der Waals surface area contributed by atoms with Crippen molar-refractivity contribution >= 4 is 30.1 Å². The number of rotatable bonds is 3. The number of nitrogens with one attached hydrogen (secondary N) is 1. The highest BCUT2D eigenvalue weighted by atomic mass is 31.1. The van der Waals surface area contributed by atoms with E-state index in [0.717, 1.165) is 24.0 Å². The van der Waals surface area contributed by atoms with E-state index in [1.165, 1.54) is 77.1 Å². The summed E-state index contributed by atoms with van der Waals surface area (Å²) in [6.45, 7) is 2.18. The lowest BCUT2D eigenvalue weighted by molar-refractivity contribution is 0.635. The first-order chi connectivity index (χ1) is 15.8. The molecule has 0 bridgehead atoms. The zero-order valence-corrected chi connectivity index (χ0v) is 19.6. The molecule has 0 unspecified atom stereocenters. The van der Waals surface area contributed by atoms with Gasteiger partial charge in [-0.1, -0.05) is 42.5 Å². The van der Waals surface area contributed by atoms with E-state index >= 15 is 0 Å². The molecule has 3 nitrogen and oxygen atoms in total. The number of benzene rings is 3. The van der Waals surface area contributed by atoms with Crippen molar-refractivity contribution in [3.63, 3.8) is 0 Å². The molecule has 0 spiro atoms. The van der Waals surface area contributed by atoms with Crippen molar-refractivity contribution in [1.29, 1.82) is 0 Å². The lowest BCUT2D eigenvalue weighted by atomic mass is 9.84. The van der Waals surface area contributed by atoms with Crippen molar-refractivity contribution in [2.75, 3.05) is 5.09 Å². The van der Waals surface area contributed by atoms with Crippen molar-refractivity contribution in [2.45, 2.75) is 64.3 Å². The third-order valence-electron chi connectivity index (χ3n) is 7.20. The third-order valence-corrected chi connectivity index (χ3v) is 8.52. The fourth-order valence-electron chi connectivity index (χ4n) is 5.54. The Morgan fingerprint density at radius 3 is 1.78 bits per heavy atom. The van der Waals surface area contributed by atoms with Crippen LogP contribution in [-0.2, 0) is 25.7 Å². The summed E-state index contributed by atoms with van der Waals surface area (Å²) < 4.78 is 13.2. The fraction of sp³-hybridized carbons (Fsp3) is 0.357. The summed E-state index contributed by atoms with van der Waals surface area (Å²) in [5, 5.41) is 6.27. The van der Waals surface area contributed by atoms with Crippen LogP contribution in [0.15, 0.2) is 63.0 Å². The molecule has 6 rings (SSSR count). The summed E-state index contributed by atoms with van der Waals surface area (Å²) in [6, 6.07) is 19.6. The number of hydrogen-bond donors (Lipinski definition) is 1. The molecular formula is C28H30NO2P. The van der Waals surface area contributed by atoms with Gasteiger partial charge in [0.05, 0.1) is 0 Å². The molecule has 1 atom stereocenters. The van der Waals surface area contributed by atoms with E-state index in [9.17, 15) is 0 Å². The van der Waals surface area contributed by atoms with E-state index in [2.05, 4.69) is 66.6 Å². The van der Waals surface area contributed by atoms with E-state index < -0.39 is 8.16 Å². The summed E-state index contributed by atoms with van der Waals surface area (Å²) in [5.41, 5.74) is 9.19. The van der Waals surface area contributed by atoms with Crippen LogP contribution in [0.5, 0.6) is 0 Å². The van der Waals surface area contributed by atoms with Gasteiger partial charge in [0.15, 0.2) is 0 Å². The molecule has 2 aliphatic rings. The second-order valence-electron chi connectivity index (χ2n) is 9.27. The Morgan fingerprint density at radius 2 is 1.22 bits per heavy atom. The molecule has 32 heavy (non-hydrogen) atoms. The molecule has 164 valence electrons. The SMILES string of the molecule is C[C@@H](Np1oc2ccc3c(c2c2c4c(ccc2o1)CCCC4)CCCC3)c1ccccc1. The fourth-order valence-corrected chi connectivity index (χ4v) is 6.81. The minimum Gasteiger partial charge on any atom is -0.408 e. The predicted molar refractivity (Wildman–Crippen MR) is 134 cm³/mol. The third kappa shape index (κ3) is 3.58. The molecule has 1 N–H and O–H groups in total. The molecule has 1 heterocycles. The van der Waals surface area contributed by atoms with Gasteiger partial charge in [-0.05, 0) is 98.2 Å². The van der Waals surface area contributed by atoms with Gasteiger partial charge in [0.2, 0.25) is 0 Å². The van der Waals surface area contributed by atoms with Gasteiger partial charge < -0.3 is 8.39 Å². The van der Waals surface area contributed by atoms with Gasteiger partial charge >= 0.3 is 8.16 Å². The zero-order chi connectivity index (χ0) is 21.5. The average Bonchev–Trinajstić information content (AvgIpc) is 3.01. The maximum atomic E-state index is 6.62. The number of hydrogen-bond acceptors (Lipinski definition) is 3. The molecule has 0 aliphatic heterocycles. The number of aryl methyl sites for hydroxylation is 4. The van der Waals surface area contributed by atoms with Crippen molar-refractivity contribution in [3.05, 3.63) is 82.4 Å². The largest absolute Gasteiger partial charge is 0.408 e. The Balaban J connectivity index is 1.62. The van der Waals surface area contributed by atoms with Crippen LogP contribution in [0, 0.1) is 0 Å². The monoisotopic (exact) mass is 443 g/mol. The van der Waals surface area contributed by atoms with Crippen LogP contribution in [0.1, 0.15) is 66.5 Å². The Bertz CT molecular complexity index is 1250. The zero-order valence-electron chi connectivity index (χ0n) is 18.7. The molecule has 2 aliphatic carbocycles. The highest BCUT2D eigenvalue weighted by Crippen LogP contribution is 2.42. The van der Waals surface area contributed by atoms with Gasteiger partial charge in [0, 0.05) is 16.8 Å². The number of fused-ring (bicyclic) bond motifs is 7. The second kappa shape index (κ2) is 8.46. The first-order valence-electron chi connectivity index (χ1n) is 12.0. The maximum Gasteiger partial charge on any atom is 0.307 e. The van der Waals surface area contributed by atoms with Crippen LogP contribution in [0.25, 0.3) is 21.9 Å². The minimum atomic E-state index is -1.31. The van der Waals surface area contributed by atoms with E-state index in [4.69, 9.17) is 8.39 Å². The van der Waals surface area contributed by atoms with Gasteiger partial charge in [-0.25, -0.2) is 5.09 Å². The van der Waals surface area contributed by atoms with E-state index in [0.29, 0.717) is 0 Å². The molecule has 4 aromatic rings. The highest BCUT2D eigenvalue weighted by molar-refractivity contribution is 7.38. The summed E-state index contributed by atoms with van der Waals surface area (Å²) in [6.07, 6.45) is 9.70. The Labute approximate surface area is 190 Å². The van der Waals surface area contributed by atoms with Crippen LogP contribution in [0.3, 0.4) is 0 Å². The Hall–Kier alpha value is -2.48. The maximum absolute atomic E-state index is 6.62. The standard InChI is InChI=1S/C28H30NO2P/c1-19(20-9-3-2-4-10-20)29-32-30-25-17-15-21-11-5-7-13-23(21)27(25)28-24-14-8-6-12-22(24)16-18-26(28)31-32/h2-4,9-10,15-19,29H,5-8,11-14H2,1H3/t19-/m1/s1.